The van der Waals surface area contributed by atoms with Crippen LogP contribution >= 0.6 is 11.6 Å². The number of pyridine rings is 1. The van der Waals surface area contributed by atoms with Gasteiger partial charge in [-0.2, -0.15) is 0 Å². The van der Waals surface area contributed by atoms with Crippen molar-refractivity contribution in [2.45, 2.75) is 6.92 Å². The first kappa shape index (κ1) is 17.6. The molecule has 0 unspecified atom stereocenters. The molecule has 1 heterocycles. The van der Waals surface area contributed by atoms with Crippen molar-refractivity contribution in [2.75, 3.05) is 25.7 Å². The van der Waals surface area contributed by atoms with Crippen LogP contribution in [-0.4, -0.2) is 31.1 Å². The molecule has 0 aliphatic rings. The number of halogens is 1. The number of hydrogen-bond donors (Lipinski definition) is 2. The maximum Gasteiger partial charge on any atom is 0.358 e. The normalized spacial score (nSPS) is 10.3. The van der Waals surface area contributed by atoms with Crippen molar-refractivity contribution in [1.29, 1.82) is 0 Å². The molecule has 0 saturated carbocycles. The largest absolute Gasteiger partial charge is 0.465 e. The first-order valence-electron chi connectivity index (χ1n) is 6.83. The summed E-state index contributed by atoms with van der Waals surface area (Å²) in [5.74, 6) is -1.31. The third kappa shape index (κ3) is 3.11. The van der Waals surface area contributed by atoms with Gasteiger partial charge in [0.1, 0.15) is 0 Å². The molecule has 0 fully saturated rings. The summed E-state index contributed by atoms with van der Waals surface area (Å²) in [4.78, 5) is 27.9. The number of benzene rings is 1. The van der Waals surface area contributed by atoms with E-state index in [0.29, 0.717) is 11.3 Å². The number of carbonyl (C=O) groups is 2. The summed E-state index contributed by atoms with van der Waals surface area (Å²) in [6.07, 6.45) is 0. The number of nitrogen functional groups attached to an aromatic ring is 2. The van der Waals surface area contributed by atoms with Gasteiger partial charge in [-0.3, -0.25) is 0 Å². The Bertz CT molecular complexity index is 837. The molecule has 0 saturated heterocycles. The van der Waals surface area contributed by atoms with E-state index in [0.717, 1.165) is 5.56 Å². The summed E-state index contributed by atoms with van der Waals surface area (Å²) >= 11 is 6.01. The fraction of sp³-hybridized carbons (Fsp3) is 0.188. The molecule has 24 heavy (non-hydrogen) atoms. The lowest BCUT2D eigenvalue weighted by atomic mass is 10.00. The van der Waals surface area contributed by atoms with Gasteiger partial charge in [0.2, 0.25) is 0 Å². The molecule has 2 rings (SSSR count). The summed E-state index contributed by atoms with van der Waals surface area (Å²) in [5.41, 5.74) is 13.8. The van der Waals surface area contributed by atoms with Crippen LogP contribution in [0.5, 0.6) is 0 Å². The number of hydrogen-bond acceptors (Lipinski definition) is 7. The average Bonchev–Trinajstić information content (AvgIpc) is 2.57. The Hall–Kier alpha value is -2.80. The third-order valence-corrected chi connectivity index (χ3v) is 3.77. The van der Waals surface area contributed by atoms with Gasteiger partial charge in [-0.1, -0.05) is 11.6 Å². The Morgan fingerprint density at radius 3 is 2.29 bits per heavy atom. The molecule has 0 spiro atoms. The Balaban J connectivity index is 2.73. The highest BCUT2D eigenvalue weighted by molar-refractivity contribution is 6.35. The van der Waals surface area contributed by atoms with Gasteiger partial charge in [-0.05, 0) is 30.7 Å². The van der Waals surface area contributed by atoms with Crippen LogP contribution in [0.3, 0.4) is 0 Å². The van der Waals surface area contributed by atoms with Crippen LogP contribution in [0.4, 0.5) is 11.4 Å². The van der Waals surface area contributed by atoms with E-state index in [1.54, 1.807) is 19.1 Å². The number of esters is 2. The van der Waals surface area contributed by atoms with Crippen molar-refractivity contribution in [3.63, 3.8) is 0 Å². The quantitative estimate of drug-likeness (QED) is 0.645. The van der Waals surface area contributed by atoms with Crippen molar-refractivity contribution in [2.24, 2.45) is 0 Å². The van der Waals surface area contributed by atoms with Gasteiger partial charge in [0, 0.05) is 5.56 Å². The van der Waals surface area contributed by atoms with Crippen LogP contribution < -0.4 is 11.5 Å². The minimum absolute atomic E-state index is 0.00924. The van der Waals surface area contributed by atoms with E-state index in [4.69, 9.17) is 27.8 Å². The van der Waals surface area contributed by atoms with Crippen molar-refractivity contribution in [3.8, 4) is 11.3 Å². The zero-order chi connectivity index (χ0) is 18.0. The summed E-state index contributed by atoms with van der Waals surface area (Å²) in [6, 6.07) is 4.80. The Morgan fingerprint density at radius 1 is 1.08 bits per heavy atom. The van der Waals surface area contributed by atoms with Crippen molar-refractivity contribution < 1.29 is 19.1 Å². The predicted molar refractivity (Wildman–Crippen MR) is 90.9 cm³/mol. The topological polar surface area (TPSA) is 118 Å². The van der Waals surface area contributed by atoms with Gasteiger partial charge in [0.15, 0.2) is 5.69 Å². The van der Waals surface area contributed by atoms with E-state index in [1.165, 1.54) is 20.3 Å². The first-order valence-corrected chi connectivity index (χ1v) is 7.21. The molecule has 0 aliphatic heterocycles. The van der Waals surface area contributed by atoms with Gasteiger partial charge < -0.3 is 20.9 Å². The predicted octanol–water partition coefficient (Wildman–Crippen LogP) is 2.45. The summed E-state index contributed by atoms with van der Waals surface area (Å²) in [5, 5.41) is -0.00924. The molecule has 1 aromatic heterocycles. The second-order valence-corrected chi connectivity index (χ2v) is 5.39. The van der Waals surface area contributed by atoms with Crippen molar-refractivity contribution >= 4 is 34.9 Å². The average molecular weight is 350 g/mol. The number of ether oxygens (including phenoxy) is 2. The minimum atomic E-state index is -0.729. The maximum absolute atomic E-state index is 11.9. The molecule has 1 aromatic carbocycles. The zero-order valence-corrected chi connectivity index (χ0v) is 14.1. The minimum Gasteiger partial charge on any atom is -0.465 e. The zero-order valence-electron chi connectivity index (χ0n) is 13.3. The van der Waals surface area contributed by atoms with E-state index in [1.807, 2.05) is 0 Å². The Kier molecular flexibility index (Phi) is 4.94. The number of rotatable bonds is 3. The highest BCUT2D eigenvalue weighted by Crippen LogP contribution is 2.33. The van der Waals surface area contributed by atoms with Crippen molar-refractivity contribution in [3.05, 3.63) is 40.0 Å². The van der Waals surface area contributed by atoms with Crippen LogP contribution in [-0.2, 0) is 9.47 Å². The molecule has 0 atom stereocenters. The molecule has 0 radical (unpaired) electrons. The van der Waals surface area contributed by atoms with Gasteiger partial charge in [-0.25, -0.2) is 14.6 Å². The van der Waals surface area contributed by atoms with E-state index < -0.39 is 11.9 Å². The Labute approximate surface area is 143 Å². The van der Waals surface area contributed by atoms with E-state index >= 15 is 0 Å². The molecular weight excluding hydrogens is 334 g/mol. The lowest BCUT2D eigenvalue weighted by Crippen LogP contribution is -2.10. The van der Waals surface area contributed by atoms with E-state index in [-0.39, 0.29) is 27.7 Å². The number of aryl methyl sites for hydroxylation is 1. The van der Waals surface area contributed by atoms with Gasteiger partial charge >= 0.3 is 11.9 Å². The fourth-order valence-electron chi connectivity index (χ4n) is 2.21. The summed E-state index contributed by atoms with van der Waals surface area (Å²) in [7, 11) is 2.47. The third-order valence-electron chi connectivity index (χ3n) is 3.37. The van der Waals surface area contributed by atoms with Crippen LogP contribution in [0, 0.1) is 6.92 Å². The molecule has 4 N–H and O–H groups in total. The van der Waals surface area contributed by atoms with Crippen LogP contribution in [0.2, 0.25) is 5.02 Å². The second-order valence-electron chi connectivity index (χ2n) is 5.02. The number of carbonyl (C=O) groups excluding carboxylic acids is 2. The van der Waals surface area contributed by atoms with Gasteiger partial charge in [0.05, 0.1) is 41.9 Å². The van der Waals surface area contributed by atoms with Crippen LogP contribution in [0.25, 0.3) is 11.3 Å². The molecule has 7 nitrogen and oxygen atoms in total. The molecular formula is C16H16ClN3O4. The number of nitrogens with zero attached hydrogens (tertiary/aromatic N) is 1. The molecule has 0 aliphatic carbocycles. The monoisotopic (exact) mass is 349 g/mol. The number of anilines is 2. The molecule has 8 heteroatoms. The molecule has 2 aromatic rings. The Morgan fingerprint density at radius 2 is 1.71 bits per heavy atom. The molecule has 0 bridgehead atoms. The van der Waals surface area contributed by atoms with Crippen LogP contribution in [0.1, 0.15) is 26.4 Å². The number of aromatic nitrogens is 1. The van der Waals surface area contributed by atoms with E-state index in [2.05, 4.69) is 9.72 Å². The number of methoxy groups -OCH3 is 2. The van der Waals surface area contributed by atoms with Gasteiger partial charge in [0.25, 0.3) is 0 Å². The summed E-state index contributed by atoms with van der Waals surface area (Å²) in [6.45, 7) is 1.79. The van der Waals surface area contributed by atoms with Gasteiger partial charge in [-0.15, -0.1) is 0 Å². The lowest BCUT2D eigenvalue weighted by Gasteiger charge is -2.13. The standard InChI is InChI=1S/C16H16ClN3O4/c1-7-4-8(13(19)9(5-7)15(21)23-2)11-6-10(18)12(17)14(20-11)16(22)24-3/h4-6H,19H2,1-3H3,(H2,18,20). The molecule has 126 valence electrons. The molecule has 0 amide bonds. The highest BCUT2D eigenvalue weighted by atomic mass is 35.5. The maximum atomic E-state index is 11.9. The highest BCUT2D eigenvalue weighted by Gasteiger charge is 2.21. The van der Waals surface area contributed by atoms with Crippen LogP contribution in [0.15, 0.2) is 18.2 Å². The lowest BCUT2D eigenvalue weighted by molar-refractivity contribution is 0.0588. The second kappa shape index (κ2) is 6.76. The smallest absolute Gasteiger partial charge is 0.358 e. The SMILES string of the molecule is COC(=O)c1cc(C)cc(-c2cc(N)c(Cl)c(C(=O)OC)n2)c1N. The first-order chi connectivity index (χ1) is 11.3. The van der Waals surface area contributed by atoms with Crippen molar-refractivity contribution in [1.82, 2.24) is 4.98 Å². The fourth-order valence-corrected chi connectivity index (χ4v) is 2.38. The summed E-state index contributed by atoms with van der Waals surface area (Å²) < 4.78 is 9.38. The van der Waals surface area contributed by atoms with E-state index in [9.17, 15) is 9.59 Å². The number of nitrogens with two attached hydrogens (primary N) is 2.